The van der Waals surface area contributed by atoms with Gasteiger partial charge in [-0.2, -0.15) is 0 Å². The lowest BCUT2D eigenvalue weighted by Gasteiger charge is -2.26. The van der Waals surface area contributed by atoms with Crippen LogP contribution >= 0.6 is 0 Å². The van der Waals surface area contributed by atoms with Crippen molar-refractivity contribution in [1.29, 1.82) is 0 Å². The Kier molecular flexibility index (Phi) is 7.11. The van der Waals surface area contributed by atoms with Gasteiger partial charge in [0.1, 0.15) is 29.7 Å². The molecule has 9 nitrogen and oxygen atoms in total. The van der Waals surface area contributed by atoms with Crippen LogP contribution in [0, 0.1) is 16.2 Å². The summed E-state index contributed by atoms with van der Waals surface area (Å²) in [6, 6.07) is 20.8. The number of nitro benzene ring substituents is 1. The quantitative estimate of drug-likeness (QED) is 0.385. The minimum atomic E-state index is -0.435. The summed E-state index contributed by atoms with van der Waals surface area (Å²) in [6.45, 7) is 4.39. The number of hydrogen-bond donors (Lipinski definition) is 2. The maximum Gasteiger partial charge on any atom is 0.296 e. The average Bonchev–Trinajstić information content (AvgIpc) is 2.81. The van der Waals surface area contributed by atoms with Gasteiger partial charge in [0, 0.05) is 31.4 Å². The van der Waals surface area contributed by atoms with E-state index in [1.807, 2.05) is 30.3 Å². The second-order valence-corrected chi connectivity index (χ2v) is 7.18. The van der Waals surface area contributed by atoms with Crippen molar-refractivity contribution in [3.05, 3.63) is 76.8 Å². The second kappa shape index (κ2) is 10.6. The molecule has 1 radical (unpaired) electrons. The van der Waals surface area contributed by atoms with E-state index in [9.17, 15) is 10.1 Å². The van der Waals surface area contributed by atoms with Crippen LogP contribution in [0.15, 0.2) is 60.7 Å². The fourth-order valence-electron chi connectivity index (χ4n) is 3.29. The predicted molar refractivity (Wildman–Crippen MR) is 122 cm³/mol. The normalized spacial score (nSPS) is 14.0. The number of pyridine rings is 1. The highest BCUT2D eigenvalue weighted by molar-refractivity contribution is 5.70. The van der Waals surface area contributed by atoms with Crippen LogP contribution in [0.25, 0.3) is 0 Å². The Morgan fingerprint density at radius 1 is 1.12 bits per heavy atom. The van der Waals surface area contributed by atoms with Crippen molar-refractivity contribution in [3.8, 4) is 5.75 Å². The van der Waals surface area contributed by atoms with Crippen molar-refractivity contribution >= 4 is 28.7 Å². The van der Waals surface area contributed by atoms with Gasteiger partial charge < -0.3 is 20.1 Å². The molecule has 2 heterocycles. The van der Waals surface area contributed by atoms with E-state index in [0.29, 0.717) is 29.7 Å². The Morgan fingerprint density at radius 3 is 2.72 bits per heavy atom. The highest BCUT2D eigenvalue weighted by atomic mass is 16.6. The van der Waals surface area contributed by atoms with Crippen molar-refractivity contribution in [2.24, 2.45) is 0 Å². The first kappa shape index (κ1) is 21.5. The van der Waals surface area contributed by atoms with Gasteiger partial charge in [0.2, 0.25) is 0 Å². The monoisotopic (exact) mass is 434 g/mol. The van der Waals surface area contributed by atoms with E-state index in [-0.39, 0.29) is 5.69 Å². The Morgan fingerprint density at radius 2 is 1.94 bits per heavy atom. The van der Waals surface area contributed by atoms with Gasteiger partial charge in [-0.1, -0.05) is 18.2 Å². The van der Waals surface area contributed by atoms with Gasteiger partial charge in [-0.25, -0.2) is 4.98 Å². The van der Waals surface area contributed by atoms with Gasteiger partial charge in [-0.3, -0.25) is 15.0 Å². The lowest BCUT2D eigenvalue weighted by Crippen LogP contribution is -2.38. The molecule has 2 N–H and O–H groups in total. The zero-order valence-corrected chi connectivity index (χ0v) is 17.5. The van der Waals surface area contributed by atoms with Gasteiger partial charge in [-0.05, 0) is 36.4 Å². The van der Waals surface area contributed by atoms with E-state index in [1.54, 1.807) is 24.3 Å². The molecule has 1 fully saturated rings. The summed E-state index contributed by atoms with van der Waals surface area (Å²) in [7, 11) is 0. The molecule has 165 valence electrons. The number of nitro groups is 1. The fourth-order valence-corrected chi connectivity index (χ4v) is 3.29. The molecule has 1 aliphatic rings. The Hall–Kier alpha value is -3.69. The number of hydrogen-bond acceptors (Lipinski definition) is 8. The lowest BCUT2D eigenvalue weighted by atomic mass is 10.2. The van der Waals surface area contributed by atoms with E-state index in [1.165, 1.54) is 6.07 Å². The van der Waals surface area contributed by atoms with Gasteiger partial charge in [0.05, 0.1) is 24.2 Å². The molecule has 2 aromatic carbocycles. The van der Waals surface area contributed by atoms with Gasteiger partial charge in [0.15, 0.2) is 0 Å². The molecule has 9 heteroatoms. The molecular weight excluding hydrogens is 410 g/mol. The lowest BCUT2D eigenvalue weighted by molar-refractivity contribution is -0.384. The van der Waals surface area contributed by atoms with Crippen LogP contribution in [0.4, 0.5) is 28.7 Å². The summed E-state index contributed by atoms with van der Waals surface area (Å²) < 4.78 is 11.1. The standard InChI is InChI=1S/C23H24N5O4/c29-28(30)21-17-19(32-16-13-27-11-14-31-15-12-27)9-10-20(21)25-23-8-4-7-22(26-23)24-18-5-2-1-3-6-18/h1-6,8-10,17H,11-16H2,(H2,24,25,26). The van der Waals surface area contributed by atoms with Crippen molar-refractivity contribution in [1.82, 2.24) is 9.88 Å². The summed E-state index contributed by atoms with van der Waals surface area (Å²) in [5.41, 5.74) is 1.12. The number of nitrogens with one attached hydrogen (secondary N) is 2. The Balaban J connectivity index is 1.41. The maximum absolute atomic E-state index is 11.6. The van der Waals surface area contributed by atoms with Crippen molar-refractivity contribution in [3.63, 3.8) is 0 Å². The smallest absolute Gasteiger partial charge is 0.296 e. The molecule has 0 aliphatic carbocycles. The first-order valence-corrected chi connectivity index (χ1v) is 10.4. The molecule has 4 rings (SSSR count). The number of para-hydroxylation sites is 1. The zero-order chi connectivity index (χ0) is 22.2. The number of aromatic nitrogens is 1. The van der Waals surface area contributed by atoms with Crippen LogP contribution in [0.2, 0.25) is 0 Å². The fraction of sp³-hybridized carbons (Fsp3) is 0.261. The Bertz CT molecular complexity index is 1040. The third-order valence-electron chi connectivity index (χ3n) is 4.94. The molecule has 0 atom stereocenters. The highest BCUT2D eigenvalue weighted by Crippen LogP contribution is 2.31. The summed E-state index contributed by atoms with van der Waals surface area (Å²) >= 11 is 0. The first-order chi connectivity index (χ1) is 15.7. The molecule has 1 saturated heterocycles. The molecule has 0 spiro atoms. The number of benzene rings is 2. The highest BCUT2D eigenvalue weighted by Gasteiger charge is 2.17. The van der Waals surface area contributed by atoms with Crippen molar-refractivity contribution in [2.45, 2.75) is 0 Å². The summed E-state index contributed by atoms with van der Waals surface area (Å²) in [5.74, 6) is 1.43. The Labute approximate surface area is 186 Å². The molecule has 1 aromatic heterocycles. The van der Waals surface area contributed by atoms with Crippen LogP contribution in [-0.4, -0.2) is 54.3 Å². The summed E-state index contributed by atoms with van der Waals surface area (Å²) in [6.07, 6.45) is 0. The van der Waals surface area contributed by atoms with Crippen LogP contribution in [-0.2, 0) is 4.74 Å². The molecule has 0 amide bonds. The van der Waals surface area contributed by atoms with E-state index >= 15 is 0 Å². The van der Waals surface area contributed by atoms with E-state index in [2.05, 4.69) is 26.6 Å². The van der Waals surface area contributed by atoms with Crippen LogP contribution in [0.1, 0.15) is 0 Å². The third kappa shape index (κ3) is 5.93. The zero-order valence-electron chi connectivity index (χ0n) is 17.5. The molecular formula is C23H24N5O4. The molecule has 1 aliphatic heterocycles. The summed E-state index contributed by atoms with van der Waals surface area (Å²) in [5, 5.41) is 17.8. The molecule has 0 bridgehead atoms. The summed E-state index contributed by atoms with van der Waals surface area (Å²) in [4.78, 5) is 17.9. The van der Waals surface area contributed by atoms with E-state index in [0.717, 1.165) is 38.5 Å². The number of anilines is 4. The maximum atomic E-state index is 11.6. The average molecular weight is 434 g/mol. The van der Waals surface area contributed by atoms with Crippen molar-refractivity contribution < 1.29 is 14.4 Å². The number of nitrogens with zero attached hydrogens (tertiary/aromatic N) is 3. The molecule has 3 aromatic rings. The minimum Gasteiger partial charge on any atom is -0.492 e. The van der Waals surface area contributed by atoms with Crippen LogP contribution in [0.3, 0.4) is 0 Å². The van der Waals surface area contributed by atoms with Gasteiger partial charge >= 0.3 is 0 Å². The number of rotatable bonds is 9. The minimum absolute atomic E-state index is 0.0823. The molecule has 0 unspecified atom stereocenters. The topological polar surface area (TPSA) is 102 Å². The second-order valence-electron chi connectivity index (χ2n) is 7.18. The SMILES string of the molecule is O=[N+]([O-])c1cc(OCCN2CCOCC2)ccc1Nc1cc[c]c(Nc2ccccc2)n1. The van der Waals surface area contributed by atoms with Crippen LogP contribution < -0.4 is 15.4 Å². The van der Waals surface area contributed by atoms with Crippen molar-refractivity contribution in [2.75, 3.05) is 50.1 Å². The third-order valence-corrected chi connectivity index (χ3v) is 4.94. The van der Waals surface area contributed by atoms with E-state index in [4.69, 9.17) is 9.47 Å². The van der Waals surface area contributed by atoms with Gasteiger partial charge in [-0.15, -0.1) is 0 Å². The van der Waals surface area contributed by atoms with Crippen LogP contribution in [0.5, 0.6) is 5.75 Å². The number of morpholine rings is 1. The molecule has 32 heavy (non-hydrogen) atoms. The predicted octanol–water partition coefficient (Wildman–Crippen LogP) is 3.99. The van der Waals surface area contributed by atoms with E-state index < -0.39 is 4.92 Å². The first-order valence-electron chi connectivity index (χ1n) is 10.4. The van der Waals surface area contributed by atoms with Gasteiger partial charge in [0.25, 0.3) is 5.69 Å². The molecule has 0 saturated carbocycles. The number of ether oxygens (including phenoxy) is 2. The largest absolute Gasteiger partial charge is 0.492 e.